The summed E-state index contributed by atoms with van der Waals surface area (Å²) in [5, 5.41) is 19.6. The van der Waals surface area contributed by atoms with Crippen LogP contribution in [0, 0.1) is 6.92 Å². The first-order valence-electron chi connectivity index (χ1n) is 17.5. The molecule has 0 radical (unpaired) electrons. The number of carbonyl (C=O) groups is 5. The van der Waals surface area contributed by atoms with E-state index in [-0.39, 0.29) is 47.0 Å². The van der Waals surface area contributed by atoms with E-state index in [2.05, 4.69) is 20.9 Å². The molecule has 5 heterocycles. The van der Waals surface area contributed by atoms with E-state index in [9.17, 15) is 29.1 Å². The standard InChI is InChI=1S/C39H43ClN8O8/c1-20-31(37(53)55-8)33-32-21(15-40)16-48(26(32)14-29(49)34(33)41-20)30(50)10-9-25-11-22(17-45(25)5)42-35(51)27-12-23(18-46(27)6)43-36(52)28-13-24(19-47(28)7)44-38(54)56-39(2,3)4/h9-14,17-19,21,41,49H,15-16H2,1-8H3,(H,42,51)(H,43,52)(H,44,54)/b10-9+. The first kappa shape index (κ1) is 39.3. The fourth-order valence-electron chi connectivity index (χ4n) is 6.82. The van der Waals surface area contributed by atoms with Crippen molar-refractivity contribution in [3.05, 3.63) is 82.8 Å². The second kappa shape index (κ2) is 15.0. The number of hydrogen-bond acceptors (Lipinski definition) is 8. The largest absolute Gasteiger partial charge is 0.506 e. The van der Waals surface area contributed by atoms with Crippen LogP contribution in [0.4, 0.5) is 27.5 Å². The summed E-state index contributed by atoms with van der Waals surface area (Å²) < 4.78 is 15.2. The molecule has 0 fully saturated rings. The van der Waals surface area contributed by atoms with E-state index in [1.165, 1.54) is 36.3 Å². The van der Waals surface area contributed by atoms with Gasteiger partial charge in [0.15, 0.2) is 0 Å². The molecule has 0 saturated carbocycles. The Morgan fingerprint density at radius 2 is 1.48 bits per heavy atom. The summed E-state index contributed by atoms with van der Waals surface area (Å²) in [7, 11) is 6.38. The molecule has 1 unspecified atom stereocenters. The summed E-state index contributed by atoms with van der Waals surface area (Å²) in [6.45, 7) is 7.19. The average Bonchev–Trinajstić information content (AvgIpc) is 3.92. The van der Waals surface area contributed by atoms with Crippen molar-refractivity contribution >= 4 is 81.1 Å². The fraction of sp³-hybridized carbons (Fsp3) is 0.308. The lowest BCUT2D eigenvalue weighted by atomic mass is 9.95. The predicted octanol–water partition coefficient (Wildman–Crippen LogP) is 6.22. The highest BCUT2D eigenvalue weighted by Gasteiger charge is 2.36. The van der Waals surface area contributed by atoms with Crippen LogP contribution in [0.15, 0.2) is 48.9 Å². The van der Waals surface area contributed by atoms with Crippen molar-refractivity contribution in [1.82, 2.24) is 18.7 Å². The number of ether oxygens (including phenoxy) is 2. The molecule has 1 aliphatic rings. The molecule has 4 aromatic heterocycles. The third-order valence-corrected chi connectivity index (χ3v) is 9.65. The number of methoxy groups -OCH3 is 1. The van der Waals surface area contributed by atoms with E-state index in [0.717, 1.165) is 0 Å². The van der Waals surface area contributed by atoms with E-state index in [1.807, 2.05) is 0 Å². The first-order valence-corrected chi connectivity index (χ1v) is 18.1. The van der Waals surface area contributed by atoms with Gasteiger partial charge in [-0.15, -0.1) is 11.6 Å². The first-order chi connectivity index (χ1) is 26.4. The van der Waals surface area contributed by atoms with Gasteiger partial charge in [0.2, 0.25) is 0 Å². The molecule has 0 saturated heterocycles. The minimum atomic E-state index is -0.682. The molecule has 4 amide bonds. The summed E-state index contributed by atoms with van der Waals surface area (Å²) in [5.41, 5.74) is 3.97. The molecule has 294 valence electrons. The number of nitrogens with one attached hydrogen (secondary N) is 4. The zero-order chi connectivity index (χ0) is 40.8. The number of amides is 4. The van der Waals surface area contributed by atoms with Gasteiger partial charge in [-0.2, -0.15) is 0 Å². The van der Waals surface area contributed by atoms with Crippen LogP contribution in [0.1, 0.15) is 75.0 Å². The Kier molecular flexibility index (Phi) is 10.5. The highest BCUT2D eigenvalue weighted by Crippen LogP contribution is 2.47. The Morgan fingerprint density at radius 1 is 0.911 bits per heavy atom. The number of hydrogen-bond donors (Lipinski definition) is 5. The van der Waals surface area contributed by atoms with Crippen molar-refractivity contribution in [3.63, 3.8) is 0 Å². The van der Waals surface area contributed by atoms with Crippen LogP contribution in [0.2, 0.25) is 0 Å². The topological polar surface area (TPSA) is 194 Å². The number of phenols is 1. The number of aryl methyl sites for hydroxylation is 4. The maximum Gasteiger partial charge on any atom is 0.412 e. The molecule has 17 heteroatoms. The number of esters is 1. The number of fused-ring (bicyclic) bond motifs is 3. The van der Waals surface area contributed by atoms with Crippen LogP contribution < -0.4 is 20.9 Å². The molecule has 0 bridgehead atoms. The SMILES string of the molecule is COC(=O)c1c(C)[nH]c2c(O)cc3c(c12)C(CCl)CN3C(=O)/C=C/c1cc(NC(=O)c2cc(NC(=O)c3cc(NC(=O)OC(C)(C)C)cn3C)cn2C)cn1C. The van der Waals surface area contributed by atoms with Gasteiger partial charge in [-0.3, -0.25) is 19.7 Å². The van der Waals surface area contributed by atoms with Gasteiger partial charge in [-0.05, 0) is 57.5 Å². The summed E-state index contributed by atoms with van der Waals surface area (Å²) in [6.07, 6.45) is 7.23. The summed E-state index contributed by atoms with van der Waals surface area (Å²) in [6, 6.07) is 6.24. The number of nitrogens with zero attached hydrogens (tertiary/aromatic N) is 4. The van der Waals surface area contributed by atoms with Gasteiger partial charge in [0, 0.05) is 87.0 Å². The van der Waals surface area contributed by atoms with E-state index in [4.69, 9.17) is 21.1 Å². The quantitative estimate of drug-likeness (QED) is 0.0660. The fourth-order valence-corrected chi connectivity index (χ4v) is 7.08. The lowest BCUT2D eigenvalue weighted by molar-refractivity contribution is -0.114. The van der Waals surface area contributed by atoms with Gasteiger partial charge in [-0.25, -0.2) is 9.59 Å². The summed E-state index contributed by atoms with van der Waals surface area (Å²) >= 11 is 6.38. The third-order valence-electron chi connectivity index (χ3n) is 9.28. The van der Waals surface area contributed by atoms with E-state index in [1.54, 1.807) is 93.3 Å². The number of anilines is 4. The molecule has 0 spiro atoms. The van der Waals surface area contributed by atoms with Gasteiger partial charge < -0.3 is 48.8 Å². The maximum atomic E-state index is 13.6. The lowest BCUT2D eigenvalue weighted by Crippen LogP contribution is -2.28. The minimum Gasteiger partial charge on any atom is -0.506 e. The monoisotopic (exact) mass is 786 g/mol. The van der Waals surface area contributed by atoms with Gasteiger partial charge in [0.1, 0.15) is 22.7 Å². The second-order valence-electron chi connectivity index (χ2n) is 14.6. The summed E-state index contributed by atoms with van der Waals surface area (Å²) in [5.74, 6) is -2.10. The zero-order valence-electron chi connectivity index (χ0n) is 32.2. The van der Waals surface area contributed by atoms with E-state index >= 15 is 0 Å². The van der Waals surface area contributed by atoms with Crippen LogP contribution in [0.3, 0.4) is 0 Å². The molecule has 16 nitrogen and oxygen atoms in total. The number of benzene rings is 1. The number of aromatic nitrogens is 4. The molecule has 1 atom stereocenters. The maximum absolute atomic E-state index is 13.6. The third kappa shape index (κ3) is 7.73. The number of rotatable bonds is 9. The predicted molar refractivity (Wildman–Crippen MR) is 213 cm³/mol. The molecule has 0 aliphatic carbocycles. The van der Waals surface area contributed by atoms with Crippen molar-refractivity contribution < 1.29 is 38.6 Å². The number of alkyl halides is 1. The molecule has 6 rings (SSSR count). The van der Waals surface area contributed by atoms with Gasteiger partial charge in [0.25, 0.3) is 17.7 Å². The van der Waals surface area contributed by atoms with Gasteiger partial charge in [0.05, 0.1) is 40.9 Å². The van der Waals surface area contributed by atoms with Crippen LogP contribution >= 0.6 is 11.6 Å². The molecular formula is C39H43ClN8O8. The van der Waals surface area contributed by atoms with Crippen molar-refractivity contribution in [1.29, 1.82) is 0 Å². The second-order valence-corrected chi connectivity index (χ2v) is 14.9. The number of carbonyl (C=O) groups excluding carboxylic acids is 5. The average molecular weight is 787 g/mol. The van der Waals surface area contributed by atoms with Crippen molar-refractivity contribution in [2.45, 2.75) is 39.2 Å². The van der Waals surface area contributed by atoms with Crippen molar-refractivity contribution in [3.8, 4) is 5.75 Å². The van der Waals surface area contributed by atoms with Crippen LogP contribution in [-0.2, 0) is 35.4 Å². The van der Waals surface area contributed by atoms with E-state index < -0.39 is 29.5 Å². The van der Waals surface area contributed by atoms with Crippen LogP contribution in [0.25, 0.3) is 17.0 Å². The molecule has 56 heavy (non-hydrogen) atoms. The molecule has 1 aliphatic heterocycles. The Bertz CT molecular complexity index is 2440. The summed E-state index contributed by atoms with van der Waals surface area (Å²) in [4.78, 5) is 69.6. The molecule has 5 aromatic rings. The molecule has 1 aromatic carbocycles. The minimum absolute atomic E-state index is 0.121. The smallest absolute Gasteiger partial charge is 0.412 e. The number of halogens is 1. The van der Waals surface area contributed by atoms with Gasteiger partial charge >= 0.3 is 12.1 Å². The number of aromatic amines is 1. The van der Waals surface area contributed by atoms with Crippen molar-refractivity contribution in [2.75, 3.05) is 40.4 Å². The normalized spacial score (nSPS) is 13.9. The van der Waals surface area contributed by atoms with E-state index in [0.29, 0.717) is 50.6 Å². The zero-order valence-corrected chi connectivity index (χ0v) is 32.9. The molecule has 5 N–H and O–H groups in total. The van der Waals surface area contributed by atoms with Crippen LogP contribution in [0.5, 0.6) is 5.75 Å². The highest BCUT2D eigenvalue weighted by atomic mass is 35.5. The number of phenolic OH excluding ortho intramolecular Hbond substituents is 1. The lowest BCUT2D eigenvalue weighted by Gasteiger charge is -2.19. The number of H-pyrrole nitrogens is 1. The Balaban J connectivity index is 1.13. The molecular weight excluding hydrogens is 744 g/mol. The van der Waals surface area contributed by atoms with Gasteiger partial charge in [-0.1, -0.05) is 0 Å². The van der Waals surface area contributed by atoms with Crippen LogP contribution in [-0.4, -0.2) is 78.7 Å². The Labute approximate surface area is 327 Å². The number of aromatic hydroxyl groups is 1. The Morgan fingerprint density at radius 3 is 2.05 bits per heavy atom. The van der Waals surface area contributed by atoms with Crippen molar-refractivity contribution in [2.24, 2.45) is 21.1 Å². The Hall–Kier alpha value is -6.42. The highest BCUT2D eigenvalue weighted by molar-refractivity contribution is 6.20.